The van der Waals surface area contributed by atoms with Crippen molar-refractivity contribution < 1.29 is 19.4 Å². The summed E-state index contributed by atoms with van der Waals surface area (Å²) in [5.41, 5.74) is 1.71. The molecule has 1 saturated heterocycles. The van der Waals surface area contributed by atoms with Crippen molar-refractivity contribution in [3.63, 3.8) is 0 Å². The zero-order valence-corrected chi connectivity index (χ0v) is 16.5. The number of nitriles is 1. The number of Topliss-reactive ketones (excluding diaryl/α,β-unsaturated/α-hetero) is 1. The minimum atomic E-state index is -0.919. The van der Waals surface area contributed by atoms with Crippen molar-refractivity contribution in [3.8, 4) is 11.8 Å². The summed E-state index contributed by atoms with van der Waals surface area (Å²) in [7, 11) is 1.50. The van der Waals surface area contributed by atoms with Crippen LogP contribution in [0, 0.1) is 11.3 Å². The SMILES string of the molecule is COc1ccccc1C1/C(=C(/O)c2ccncc2)C(=O)C(=O)N1c1ccc(C#N)cc1. The van der Waals surface area contributed by atoms with E-state index in [1.807, 2.05) is 6.07 Å². The molecule has 0 bridgehead atoms. The number of ketones is 1. The number of rotatable bonds is 4. The van der Waals surface area contributed by atoms with E-state index in [0.717, 1.165) is 0 Å². The fraction of sp³-hybridized carbons (Fsp3) is 0.0833. The number of carbonyl (C=O) groups excluding carboxylic acids is 2. The second-order valence-electron chi connectivity index (χ2n) is 6.81. The van der Waals surface area contributed by atoms with Crippen molar-refractivity contribution in [2.75, 3.05) is 12.0 Å². The normalized spacial score (nSPS) is 17.4. The van der Waals surface area contributed by atoms with Crippen LogP contribution in [-0.4, -0.2) is 28.9 Å². The van der Waals surface area contributed by atoms with Crippen LogP contribution in [0.2, 0.25) is 0 Å². The zero-order valence-electron chi connectivity index (χ0n) is 16.5. The summed E-state index contributed by atoms with van der Waals surface area (Å²) in [5.74, 6) is -1.42. The van der Waals surface area contributed by atoms with Crippen molar-refractivity contribution >= 4 is 23.1 Å². The van der Waals surface area contributed by atoms with Gasteiger partial charge >= 0.3 is 0 Å². The molecule has 1 amide bonds. The number of hydrogen-bond donors (Lipinski definition) is 1. The van der Waals surface area contributed by atoms with Gasteiger partial charge in [0.1, 0.15) is 11.5 Å². The maximum Gasteiger partial charge on any atom is 0.300 e. The van der Waals surface area contributed by atoms with E-state index in [1.165, 1.54) is 24.4 Å². The maximum atomic E-state index is 13.1. The molecule has 2 aromatic carbocycles. The Labute approximate surface area is 178 Å². The number of aliphatic hydroxyl groups excluding tert-OH is 1. The first-order valence-corrected chi connectivity index (χ1v) is 9.41. The van der Waals surface area contributed by atoms with Gasteiger partial charge in [0.25, 0.3) is 11.7 Å². The number of aromatic nitrogens is 1. The summed E-state index contributed by atoms with van der Waals surface area (Å²) < 4.78 is 5.48. The quantitative estimate of drug-likeness (QED) is 0.400. The first-order valence-electron chi connectivity index (χ1n) is 9.41. The smallest absolute Gasteiger partial charge is 0.300 e. The Balaban J connectivity index is 1.97. The number of anilines is 1. The Hall–Kier alpha value is -4.44. The number of para-hydroxylation sites is 1. The number of hydrogen-bond acceptors (Lipinski definition) is 6. The summed E-state index contributed by atoms with van der Waals surface area (Å²) in [4.78, 5) is 31.4. The number of benzene rings is 2. The van der Waals surface area contributed by atoms with E-state index in [-0.39, 0.29) is 11.3 Å². The molecule has 3 aromatic rings. The van der Waals surface area contributed by atoms with Gasteiger partial charge in [0, 0.05) is 29.2 Å². The molecule has 1 fully saturated rings. The van der Waals surface area contributed by atoms with Crippen LogP contribution in [0.1, 0.15) is 22.7 Å². The van der Waals surface area contributed by atoms with Crippen molar-refractivity contribution in [2.45, 2.75) is 6.04 Å². The van der Waals surface area contributed by atoms with E-state index in [1.54, 1.807) is 60.7 Å². The van der Waals surface area contributed by atoms with Crippen molar-refractivity contribution in [1.29, 1.82) is 5.26 Å². The van der Waals surface area contributed by atoms with Gasteiger partial charge in [-0.3, -0.25) is 19.5 Å². The second-order valence-corrected chi connectivity index (χ2v) is 6.81. The number of methoxy groups -OCH3 is 1. The van der Waals surface area contributed by atoms with Crippen LogP contribution in [0.25, 0.3) is 5.76 Å². The summed E-state index contributed by atoms with van der Waals surface area (Å²) in [5, 5.41) is 20.1. The monoisotopic (exact) mass is 411 g/mol. The Morgan fingerprint density at radius 1 is 1.06 bits per heavy atom. The van der Waals surface area contributed by atoms with E-state index in [2.05, 4.69) is 4.98 Å². The maximum absolute atomic E-state index is 13.1. The molecule has 0 saturated carbocycles. The van der Waals surface area contributed by atoms with Gasteiger partial charge in [0.15, 0.2) is 0 Å². The fourth-order valence-corrected chi connectivity index (χ4v) is 3.65. The highest BCUT2D eigenvalue weighted by atomic mass is 16.5. The molecule has 2 heterocycles. The van der Waals surface area contributed by atoms with Gasteiger partial charge in [0.05, 0.1) is 30.4 Å². The van der Waals surface area contributed by atoms with Crippen molar-refractivity contribution in [2.24, 2.45) is 0 Å². The first kappa shape index (κ1) is 19.9. The van der Waals surface area contributed by atoms with Crippen LogP contribution < -0.4 is 9.64 Å². The lowest BCUT2D eigenvalue weighted by molar-refractivity contribution is -0.132. The van der Waals surface area contributed by atoms with Gasteiger partial charge in [-0.15, -0.1) is 0 Å². The highest BCUT2D eigenvalue weighted by Gasteiger charge is 2.47. The molecule has 1 aromatic heterocycles. The van der Waals surface area contributed by atoms with Crippen LogP contribution in [0.15, 0.2) is 78.6 Å². The van der Waals surface area contributed by atoms with Crippen LogP contribution >= 0.6 is 0 Å². The van der Waals surface area contributed by atoms with E-state index < -0.39 is 17.7 Å². The molecule has 31 heavy (non-hydrogen) atoms. The topological polar surface area (TPSA) is 104 Å². The third-order valence-electron chi connectivity index (χ3n) is 5.11. The van der Waals surface area contributed by atoms with Gasteiger partial charge in [-0.05, 0) is 42.5 Å². The molecule has 1 aliphatic heterocycles. The van der Waals surface area contributed by atoms with Gasteiger partial charge in [-0.1, -0.05) is 18.2 Å². The van der Waals surface area contributed by atoms with Gasteiger partial charge in [0.2, 0.25) is 0 Å². The molecule has 152 valence electrons. The number of ether oxygens (including phenoxy) is 1. The lowest BCUT2D eigenvalue weighted by atomic mass is 9.94. The minimum absolute atomic E-state index is 0.0509. The largest absolute Gasteiger partial charge is 0.507 e. The van der Waals surface area contributed by atoms with E-state index in [0.29, 0.717) is 28.1 Å². The predicted octanol–water partition coefficient (Wildman–Crippen LogP) is 3.59. The molecular formula is C24H17N3O4. The van der Waals surface area contributed by atoms with Gasteiger partial charge in [-0.25, -0.2) is 0 Å². The number of amides is 1. The second kappa shape index (κ2) is 8.13. The highest BCUT2D eigenvalue weighted by Crippen LogP contribution is 2.44. The number of aliphatic hydroxyl groups is 1. The Morgan fingerprint density at radius 2 is 1.74 bits per heavy atom. The van der Waals surface area contributed by atoms with Crippen molar-refractivity contribution in [1.82, 2.24) is 4.98 Å². The Morgan fingerprint density at radius 3 is 2.39 bits per heavy atom. The van der Waals surface area contributed by atoms with Gasteiger partial charge in [-0.2, -0.15) is 5.26 Å². The lowest BCUT2D eigenvalue weighted by Gasteiger charge is -2.26. The molecule has 1 unspecified atom stereocenters. The number of carbonyl (C=O) groups is 2. The third kappa shape index (κ3) is 3.40. The zero-order chi connectivity index (χ0) is 22.0. The molecule has 1 atom stereocenters. The molecule has 7 nitrogen and oxygen atoms in total. The fourth-order valence-electron chi connectivity index (χ4n) is 3.65. The molecule has 4 rings (SSSR count). The molecular weight excluding hydrogens is 394 g/mol. The lowest BCUT2D eigenvalue weighted by Crippen LogP contribution is -2.29. The third-order valence-corrected chi connectivity index (χ3v) is 5.11. The Bertz CT molecular complexity index is 1230. The summed E-state index contributed by atoms with van der Waals surface area (Å²) in [6, 6.07) is 17.6. The predicted molar refractivity (Wildman–Crippen MR) is 113 cm³/mol. The number of pyridine rings is 1. The van der Waals surface area contributed by atoms with Crippen LogP contribution in [0.3, 0.4) is 0 Å². The Kier molecular flexibility index (Phi) is 5.21. The van der Waals surface area contributed by atoms with E-state index in [9.17, 15) is 14.7 Å². The standard InChI is InChI=1S/C24H17N3O4/c1-31-19-5-3-2-4-18(19)21-20(22(28)16-10-12-26-13-11-16)23(29)24(30)27(21)17-8-6-15(14-25)7-9-17/h2-13,21,28H,1H3/b22-20-. The molecule has 0 spiro atoms. The summed E-state index contributed by atoms with van der Waals surface area (Å²) in [6.45, 7) is 0. The number of nitrogens with zero attached hydrogens (tertiary/aromatic N) is 3. The highest BCUT2D eigenvalue weighted by molar-refractivity contribution is 6.51. The molecule has 0 radical (unpaired) electrons. The summed E-state index contributed by atoms with van der Waals surface area (Å²) in [6.07, 6.45) is 2.98. The van der Waals surface area contributed by atoms with Crippen molar-refractivity contribution in [3.05, 3.63) is 95.3 Å². The van der Waals surface area contributed by atoms with Crippen LogP contribution in [0.4, 0.5) is 5.69 Å². The first-order chi connectivity index (χ1) is 15.1. The molecule has 1 N–H and O–H groups in total. The van der Waals surface area contributed by atoms with E-state index in [4.69, 9.17) is 10.00 Å². The van der Waals surface area contributed by atoms with Crippen LogP contribution in [-0.2, 0) is 9.59 Å². The molecule has 1 aliphatic rings. The summed E-state index contributed by atoms with van der Waals surface area (Å²) >= 11 is 0. The minimum Gasteiger partial charge on any atom is -0.507 e. The molecule has 7 heteroatoms. The average molecular weight is 411 g/mol. The average Bonchev–Trinajstić information content (AvgIpc) is 3.09. The van der Waals surface area contributed by atoms with Crippen LogP contribution in [0.5, 0.6) is 5.75 Å². The van der Waals surface area contributed by atoms with E-state index >= 15 is 0 Å². The molecule has 0 aliphatic carbocycles. The van der Waals surface area contributed by atoms with Gasteiger partial charge < -0.3 is 9.84 Å².